The minimum absolute atomic E-state index is 0.0368. The molecule has 27 heavy (non-hydrogen) atoms. The van der Waals surface area contributed by atoms with Gasteiger partial charge >= 0.3 is 5.97 Å². The first kappa shape index (κ1) is 22.7. The van der Waals surface area contributed by atoms with Gasteiger partial charge in [-0.2, -0.15) is 0 Å². The maximum Gasteiger partial charge on any atom is 0.315 e. The van der Waals surface area contributed by atoms with Gasteiger partial charge in [0.2, 0.25) is 11.8 Å². The fraction of sp³-hybridized carbons (Fsp3) is 0.571. The van der Waals surface area contributed by atoms with Gasteiger partial charge in [0.05, 0.1) is 0 Å². The zero-order valence-electron chi connectivity index (χ0n) is 16.9. The van der Waals surface area contributed by atoms with Crippen LogP contribution in [0.1, 0.15) is 53.0 Å². The van der Waals surface area contributed by atoms with Crippen molar-refractivity contribution in [1.82, 2.24) is 10.6 Å². The quantitative estimate of drug-likeness (QED) is 0.585. The lowest BCUT2D eigenvalue weighted by atomic mass is 9.78. The second-order valence-electron chi connectivity index (χ2n) is 7.71. The Morgan fingerprint density at radius 2 is 1.67 bits per heavy atom. The van der Waals surface area contributed by atoms with E-state index in [1.165, 1.54) is 0 Å². The molecular formula is C21H32N2O4. The summed E-state index contributed by atoms with van der Waals surface area (Å²) in [6.45, 7) is 9.32. The molecule has 0 bridgehead atoms. The van der Waals surface area contributed by atoms with Gasteiger partial charge in [-0.1, -0.05) is 65.0 Å². The number of rotatable bonds is 10. The number of hydrogen-bond acceptors (Lipinski definition) is 3. The van der Waals surface area contributed by atoms with Crippen LogP contribution in [0.2, 0.25) is 0 Å². The lowest BCUT2D eigenvalue weighted by Gasteiger charge is -2.30. The van der Waals surface area contributed by atoms with Gasteiger partial charge in [-0.3, -0.25) is 14.4 Å². The fourth-order valence-corrected chi connectivity index (χ4v) is 3.02. The van der Waals surface area contributed by atoms with Crippen LogP contribution < -0.4 is 10.6 Å². The molecular weight excluding hydrogens is 344 g/mol. The Balaban J connectivity index is 2.94. The summed E-state index contributed by atoms with van der Waals surface area (Å²) in [5.74, 6) is -1.45. The Bertz CT molecular complexity index is 643. The van der Waals surface area contributed by atoms with Crippen LogP contribution in [0.25, 0.3) is 0 Å². The molecule has 0 aliphatic rings. The van der Waals surface area contributed by atoms with Crippen molar-refractivity contribution in [3.63, 3.8) is 0 Å². The molecule has 2 unspecified atom stereocenters. The number of carboxylic acid groups (broad SMARTS) is 1. The number of benzene rings is 1. The van der Waals surface area contributed by atoms with Crippen LogP contribution in [-0.2, 0) is 19.8 Å². The van der Waals surface area contributed by atoms with Crippen molar-refractivity contribution in [2.75, 3.05) is 6.54 Å². The average Bonchev–Trinajstić information content (AvgIpc) is 2.60. The van der Waals surface area contributed by atoms with Crippen molar-refractivity contribution in [2.24, 2.45) is 11.8 Å². The molecule has 0 radical (unpaired) electrons. The highest BCUT2D eigenvalue weighted by molar-refractivity contribution is 5.89. The van der Waals surface area contributed by atoms with Gasteiger partial charge in [0.15, 0.2) is 0 Å². The van der Waals surface area contributed by atoms with E-state index in [0.717, 1.165) is 0 Å². The van der Waals surface area contributed by atoms with Crippen LogP contribution in [0, 0.1) is 11.8 Å². The Morgan fingerprint density at radius 1 is 1.07 bits per heavy atom. The van der Waals surface area contributed by atoms with E-state index in [0.29, 0.717) is 18.4 Å². The molecule has 0 spiro atoms. The Labute approximate surface area is 161 Å². The zero-order valence-corrected chi connectivity index (χ0v) is 16.9. The van der Waals surface area contributed by atoms with E-state index in [-0.39, 0.29) is 30.2 Å². The molecule has 0 aromatic heterocycles. The summed E-state index contributed by atoms with van der Waals surface area (Å²) in [7, 11) is 0. The number of carbonyl (C=O) groups excluding carboxylic acids is 2. The largest absolute Gasteiger partial charge is 0.481 e. The van der Waals surface area contributed by atoms with E-state index in [4.69, 9.17) is 0 Å². The first-order chi connectivity index (χ1) is 12.6. The monoisotopic (exact) mass is 376 g/mol. The number of carboxylic acids is 1. The van der Waals surface area contributed by atoms with E-state index in [1.807, 2.05) is 33.8 Å². The Hall–Kier alpha value is -2.37. The second kappa shape index (κ2) is 10.1. The maximum atomic E-state index is 12.7. The highest BCUT2D eigenvalue weighted by atomic mass is 16.4. The molecule has 1 aromatic rings. The lowest BCUT2D eigenvalue weighted by molar-refractivity contribution is -0.144. The molecule has 2 atom stereocenters. The van der Waals surface area contributed by atoms with Gasteiger partial charge in [0.25, 0.3) is 0 Å². The van der Waals surface area contributed by atoms with Gasteiger partial charge < -0.3 is 15.7 Å². The molecule has 0 fully saturated rings. The van der Waals surface area contributed by atoms with Crippen molar-refractivity contribution in [3.8, 4) is 0 Å². The minimum atomic E-state index is -1.21. The highest BCUT2D eigenvalue weighted by Crippen LogP contribution is 2.28. The lowest BCUT2D eigenvalue weighted by Crippen LogP contribution is -2.54. The minimum Gasteiger partial charge on any atom is -0.481 e. The molecule has 150 valence electrons. The van der Waals surface area contributed by atoms with E-state index >= 15 is 0 Å². The van der Waals surface area contributed by atoms with Crippen molar-refractivity contribution in [1.29, 1.82) is 0 Å². The fourth-order valence-electron chi connectivity index (χ4n) is 3.02. The van der Waals surface area contributed by atoms with Crippen LogP contribution in [0.4, 0.5) is 0 Å². The average molecular weight is 376 g/mol. The van der Waals surface area contributed by atoms with Crippen molar-refractivity contribution in [3.05, 3.63) is 35.9 Å². The van der Waals surface area contributed by atoms with Crippen LogP contribution >= 0.6 is 0 Å². The molecule has 0 heterocycles. The molecule has 6 nitrogen and oxygen atoms in total. The summed E-state index contributed by atoms with van der Waals surface area (Å²) in [6, 6.07) is 8.21. The van der Waals surface area contributed by atoms with E-state index in [9.17, 15) is 19.5 Å². The van der Waals surface area contributed by atoms with Crippen LogP contribution in [0.15, 0.2) is 30.3 Å². The number of carbonyl (C=O) groups is 3. The topological polar surface area (TPSA) is 95.5 Å². The summed E-state index contributed by atoms with van der Waals surface area (Å²) < 4.78 is 0. The van der Waals surface area contributed by atoms with E-state index < -0.39 is 17.4 Å². The van der Waals surface area contributed by atoms with Crippen LogP contribution in [-0.4, -0.2) is 35.5 Å². The third-order valence-electron chi connectivity index (χ3n) is 4.76. The maximum absolute atomic E-state index is 12.7. The predicted octanol–water partition coefficient (Wildman–Crippen LogP) is 2.72. The van der Waals surface area contributed by atoms with Gasteiger partial charge in [-0.25, -0.2) is 0 Å². The van der Waals surface area contributed by atoms with Gasteiger partial charge in [-0.15, -0.1) is 0 Å². The second-order valence-corrected chi connectivity index (χ2v) is 7.71. The smallest absolute Gasteiger partial charge is 0.315 e. The summed E-state index contributed by atoms with van der Waals surface area (Å²) in [5.41, 5.74) is -0.564. The van der Waals surface area contributed by atoms with Gasteiger partial charge in [0.1, 0.15) is 11.5 Å². The van der Waals surface area contributed by atoms with E-state index in [2.05, 4.69) is 10.6 Å². The van der Waals surface area contributed by atoms with E-state index in [1.54, 1.807) is 31.2 Å². The number of hydrogen-bond donors (Lipinski definition) is 3. The molecule has 1 aromatic carbocycles. The summed E-state index contributed by atoms with van der Waals surface area (Å²) in [6.07, 6.45) is 0.674. The van der Waals surface area contributed by atoms with Gasteiger partial charge in [-0.05, 0) is 23.8 Å². The highest BCUT2D eigenvalue weighted by Gasteiger charge is 2.39. The first-order valence-corrected chi connectivity index (χ1v) is 9.50. The van der Waals surface area contributed by atoms with Crippen molar-refractivity contribution < 1.29 is 19.5 Å². The molecule has 6 heteroatoms. The standard InChI is InChI=1S/C21H32N2O4/c1-6-21(20(26)27,16-10-8-7-9-11-16)13-22-19(25)18(15(4)5)23-17(24)12-14(2)3/h7-11,14-15,18H,6,12-13H2,1-5H3,(H,22,25)(H,23,24)(H,26,27). The van der Waals surface area contributed by atoms with Crippen molar-refractivity contribution in [2.45, 2.75) is 58.9 Å². The summed E-state index contributed by atoms with van der Waals surface area (Å²) >= 11 is 0. The molecule has 2 amide bonds. The zero-order chi connectivity index (χ0) is 20.6. The SMILES string of the molecule is CCC(CNC(=O)C(NC(=O)CC(C)C)C(C)C)(C(=O)O)c1ccccc1. The third-order valence-corrected chi connectivity index (χ3v) is 4.76. The van der Waals surface area contributed by atoms with Crippen molar-refractivity contribution >= 4 is 17.8 Å². The number of nitrogens with one attached hydrogen (secondary N) is 2. The molecule has 0 saturated carbocycles. The Kier molecular flexibility index (Phi) is 8.47. The van der Waals surface area contributed by atoms with Crippen LogP contribution in [0.5, 0.6) is 0 Å². The molecule has 3 N–H and O–H groups in total. The molecule has 1 rings (SSSR count). The number of aliphatic carboxylic acids is 1. The van der Waals surface area contributed by atoms with Crippen LogP contribution in [0.3, 0.4) is 0 Å². The number of amides is 2. The Morgan fingerprint density at radius 3 is 2.11 bits per heavy atom. The third kappa shape index (κ3) is 6.08. The predicted molar refractivity (Wildman–Crippen MR) is 105 cm³/mol. The first-order valence-electron chi connectivity index (χ1n) is 9.50. The normalized spacial score (nSPS) is 14.5. The summed E-state index contributed by atoms with van der Waals surface area (Å²) in [5, 5.41) is 15.4. The summed E-state index contributed by atoms with van der Waals surface area (Å²) in [4.78, 5) is 36.8. The molecule has 0 aliphatic carbocycles. The van der Waals surface area contributed by atoms with Gasteiger partial charge in [0, 0.05) is 13.0 Å². The molecule has 0 aliphatic heterocycles. The molecule has 0 saturated heterocycles.